The molecule has 0 fully saturated rings. The predicted molar refractivity (Wildman–Crippen MR) is 93.7 cm³/mol. The molecule has 3 nitrogen and oxygen atoms in total. The zero-order valence-electron chi connectivity index (χ0n) is 14.0. The van der Waals surface area contributed by atoms with Crippen molar-refractivity contribution in [3.8, 4) is 0 Å². The number of hydrogen-bond acceptors (Lipinski definition) is 2. The van der Waals surface area contributed by atoms with Crippen molar-refractivity contribution in [2.24, 2.45) is 0 Å². The van der Waals surface area contributed by atoms with Gasteiger partial charge in [0.25, 0.3) is 0 Å². The molecule has 3 rings (SSSR count). The molecule has 0 amide bonds. The van der Waals surface area contributed by atoms with Crippen LogP contribution in [0.1, 0.15) is 34.1 Å². The molecule has 1 aromatic carbocycles. The van der Waals surface area contributed by atoms with Gasteiger partial charge in [-0.05, 0) is 48.9 Å². The van der Waals surface area contributed by atoms with E-state index < -0.39 is 17.7 Å². The third-order valence-electron chi connectivity index (χ3n) is 3.89. The summed E-state index contributed by atoms with van der Waals surface area (Å²) in [6.45, 7) is 2.02. The molecule has 0 saturated heterocycles. The molecule has 2 aromatic heterocycles. The van der Waals surface area contributed by atoms with Crippen LogP contribution in [0.5, 0.6) is 0 Å². The standard InChI is InChI=1S/C20H16F3NO2/c1-2-26-19(25)17-13-16(24-12-4-3-5-18(17)24)11-8-14-6-9-15(10-7-14)20(21,22)23/h3-13H,2H2,1H3/b11-8+. The highest BCUT2D eigenvalue weighted by atomic mass is 19.4. The quantitative estimate of drug-likeness (QED) is 0.592. The van der Waals surface area contributed by atoms with Gasteiger partial charge in [-0.2, -0.15) is 13.2 Å². The first-order valence-corrected chi connectivity index (χ1v) is 8.02. The van der Waals surface area contributed by atoms with Gasteiger partial charge < -0.3 is 9.14 Å². The summed E-state index contributed by atoms with van der Waals surface area (Å²) >= 11 is 0. The number of aromatic nitrogens is 1. The van der Waals surface area contributed by atoms with E-state index in [0.717, 1.165) is 17.8 Å². The Morgan fingerprint density at radius 2 is 1.85 bits per heavy atom. The first-order chi connectivity index (χ1) is 12.4. The van der Waals surface area contributed by atoms with Gasteiger partial charge in [0.1, 0.15) is 0 Å². The molecule has 6 heteroatoms. The summed E-state index contributed by atoms with van der Waals surface area (Å²) in [6.07, 6.45) is 0.904. The van der Waals surface area contributed by atoms with E-state index in [1.54, 1.807) is 25.1 Å². The maximum atomic E-state index is 12.6. The monoisotopic (exact) mass is 359 g/mol. The van der Waals surface area contributed by atoms with Gasteiger partial charge in [-0.25, -0.2) is 4.79 Å². The largest absolute Gasteiger partial charge is 0.462 e. The molecule has 0 aliphatic carbocycles. The zero-order valence-corrected chi connectivity index (χ0v) is 14.0. The smallest absolute Gasteiger partial charge is 0.416 e. The van der Waals surface area contributed by atoms with Gasteiger partial charge in [-0.3, -0.25) is 0 Å². The lowest BCUT2D eigenvalue weighted by Crippen LogP contribution is -2.03. The average Bonchev–Trinajstić information content (AvgIpc) is 2.99. The Balaban J connectivity index is 1.93. The Kier molecular flexibility index (Phi) is 4.84. The minimum atomic E-state index is -4.35. The highest BCUT2D eigenvalue weighted by Gasteiger charge is 2.29. The second-order valence-corrected chi connectivity index (χ2v) is 5.61. The lowest BCUT2D eigenvalue weighted by atomic mass is 10.1. The van der Waals surface area contributed by atoms with Crippen molar-refractivity contribution in [1.82, 2.24) is 4.40 Å². The van der Waals surface area contributed by atoms with Crippen molar-refractivity contribution >= 4 is 23.6 Å². The summed E-state index contributed by atoms with van der Waals surface area (Å²) in [5.41, 5.74) is 1.81. The van der Waals surface area contributed by atoms with E-state index in [4.69, 9.17) is 4.74 Å². The first-order valence-electron chi connectivity index (χ1n) is 8.02. The second-order valence-electron chi connectivity index (χ2n) is 5.61. The molecule has 0 radical (unpaired) electrons. The SMILES string of the molecule is CCOC(=O)c1cc(/C=C/c2ccc(C(F)(F)F)cc2)n2ccccc12. The van der Waals surface area contributed by atoms with Crippen LogP contribution in [0.3, 0.4) is 0 Å². The van der Waals surface area contributed by atoms with E-state index in [1.807, 2.05) is 28.8 Å². The molecule has 0 spiro atoms. The van der Waals surface area contributed by atoms with Crippen molar-refractivity contribution in [3.63, 3.8) is 0 Å². The molecular weight excluding hydrogens is 343 g/mol. The van der Waals surface area contributed by atoms with Gasteiger partial charge >= 0.3 is 12.1 Å². The highest BCUT2D eigenvalue weighted by molar-refractivity contribution is 5.98. The number of alkyl halides is 3. The molecule has 2 heterocycles. The summed E-state index contributed by atoms with van der Waals surface area (Å²) in [5, 5.41) is 0. The van der Waals surface area contributed by atoms with Crippen LogP contribution >= 0.6 is 0 Å². The molecule has 134 valence electrons. The third kappa shape index (κ3) is 3.64. The minimum Gasteiger partial charge on any atom is -0.462 e. The number of esters is 1. The lowest BCUT2D eigenvalue weighted by molar-refractivity contribution is -0.137. The number of halogens is 3. The van der Waals surface area contributed by atoms with Crippen molar-refractivity contribution in [2.45, 2.75) is 13.1 Å². The van der Waals surface area contributed by atoms with E-state index >= 15 is 0 Å². The topological polar surface area (TPSA) is 30.7 Å². The van der Waals surface area contributed by atoms with Gasteiger partial charge in [0.2, 0.25) is 0 Å². The van der Waals surface area contributed by atoms with Crippen LogP contribution in [-0.2, 0) is 10.9 Å². The van der Waals surface area contributed by atoms with E-state index in [1.165, 1.54) is 12.1 Å². The summed E-state index contributed by atoms with van der Waals surface area (Å²) in [7, 11) is 0. The van der Waals surface area contributed by atoms with E-state index in [9.17, 15) is 18.0 Å². The molecule has 0 saturated carbocycles. The molecular formula is C20H16F3NO2. The first kappa shape index (κ1) is 17.8. The Morgan fingerprint density at radius 3 is 2.50 bits per heavy atom. The Hall–Kier alpha value is -3.02. The lowest BCUT2D eigenvalue weighted by Gasteiger charge is -2.05. The van der Waals surface area contributed by atoms with Gasteiger partial charge in [-0.15, -0.1) is 0 Å². The van der Waals surface area contributed by atoms with Crippen molar-refractivity contribution < 1.29 is 22.7 Å². The van der Waals surface area contributed by atoms with E-state index in [-0.39, 0.29) is 6.61 Å². The predicted octanol–water partition coefficient (Wildman–Crippen LogP) is 5.31. The summed E-state index contributed by atoms with van der Waals surface area (Å²) in [4.78, 5) is 12.1. The van der Waals surface area contributed by atoms with Crippen LogP contribution in [0.4, 0.5) is 13.2 Å². The molecule has 3 aromatic rings. The zero-order chi connectivity index (χ0) is 18.7. The van der Waals surface area contributed by atoms with Crippen LogP contribution < -0.4 is 0 Å². The molecule has 0 aliphatic rings. The van der Waals surface area contributed by atoms with E-state index in [0.29, 0.717) is 16.6 Å². The number of carbonyl (C=O) groups excluding carboxylic acids is 1. The summed E-state index contributed by atoms with van der Waals surface area (Å²) in [6, 6.07) is 12.1. The third-order valence-corrected chi connectivity index (χ3v) is 3.89. The molecule has 26 heavy (non-hydrogen) atoms. The van der Waals surface area contributed by atoms with Gasteiger partial charge in [-0.1, -0.05) is 24.3 Å². The molecule has 0 aliphatic heterocycles. The minimum absolute atomic E-state index is 0.278. The molecule has 0 atom stereocenters. The second kappa shape index (κ2) is 7.07. The number of rotatable bonds is 4. The number of fused-ring (bicyclic) bond motifs is 1. The van der Waals surface area contributed by atoms with Crippen LogP contribution in [0.15, 0.2) is 54.7 Å². The molecule has 0 bridgehead atoms. The van der Waals surface area contributed by atoms with Crippen molar-refractivity contribution in [3.05, 3.63) is 77.1 Å². The summed E-state index contributed by atoms with van der Waals surface area (Å²) < 4.78 is 44.8. The Morgan fingerprint density at radius 1 is 1.12 bits per heavy atom. The molecule has 0 unspecified atom stereocenters. The van der Waals surface area contributed by atoms with Crippen LogP contribution in [0.2, 0.25) is 0 Å². The Labute approximate surface area is 148 Å². The number of ether oxygens (including phenoxy) is 1. The van der Waals surface area contributed by atoms with Crippen LogP contribution in [0.25, 0.3) is 17.7 Å². The van der Waals surface area contributed by atoms with Gasteiger partial charge in [0, 0.05) is 11.9 Å². The maximum Gasteiger partial charge on any atom is 0.416 e. The fourth-order valence-corrected chi connectivity index (χ4v) is 2.64. The summed E-state index contributed by atoms with van der Waals surface area (Å²) in [5.74, 6) is -0.412. The Bertz CT molecular complexity index is 953. The number of carbonyl (C=O) groups is 1. The van der Waals surface area contributed by atoms with Crippen molar-refractivity contribution in [1.29, 1.82) is 0 Å². The van der Waals surface area contributed by atoms with Crippen molar-refractivity contribution in [2.75, 3.05) is 6.61 Å². The van der Waals surface area contributed by atoms with Gasteiger partial charge in [0.05, 0.1) is 23.3 Å². The number of pyridine rings is 1. The fraction of sp³-hybridized carbons (Fsp3) is 0.150. The molecule has 0 N–H and O–H groups in total. The highest BCUT2D eigenvalue weighted by Crippen LogP contribution is 2.29. The normalized spacial score (nSPS) is 12.0. The number of nitrogens with zero attached hydrogens (tertiary/aromatic N) is 1. The van der Waals surface area contributed by atoms with Crippen LogP contribution in [0, 0.1) is 0 Å². The van der Waals surface area contributed by atoms with Gasteiger partial charge in [0.15, 0.2) is 0 Å². The van der Waals surface area contributed by atoms with Crippen LogP contribution in [-0.4, -0.2) is 17.0 Å². The maximum absolute atomic E-state index is 12.6. The number of hydrogen-bond donors (Lipinski definition) is 0. The fourth-order valence-electron chi connectivity index (χ4n) is 2.64. The van der Waals surface area contributed by atoms with E-state index in [2.05, 4.69) is 0 Å². The number of benzene rings is 1. The average molecular weight is 359 g/mol.